The molecular formula is C9H5BrN4. The third-order valence-electron chi connectivity index (χ3n) is 2.13. The molecule has 1 N–H and O–H groups in total. The summed E-state index contributed by atoms with van der Waals surface area (Å²) in [5.41, 5.74) is 1.84. The van der Waals surface area contributed by atoms with Gasteiger partial charge in [0.25, 0.3) is 0 Å². The number of hydrogen-bond acceptors (Lipinski definition) is 3. The number of nitrogens with zero attached hydrogens (tertiary/aromatic N) is 3. The van der Waals surface area contributed by atoms with Gasteiger partial charge in [0.2, 0.25) is 0 Å². The van der Waals surface area contributed by atoms with E-state index in [0.717, 1.165) is 26.4 Å². The lowest BCUT2D eigenvalue weighted by atomic mass is 10.2. The van der Waals surface area contributed by atoms with Crippen LogP contribution in [0.2, 0.25) is 0 Å². The summed E-state index contributed by atoms with van der Waals surface area (Å²) in [5, 5.41) is 9.05. The van der Waals surface area contributed by atoms with Gasteiger partial charge < -0.3 is 0 Å². The van der Waals surface area contributed by atoms with Crippen molar-refractivity contribution in [3.05, 3.63) is 29.3 Å². The third-order valence-corrected chi connectivity index (χ3v) is 2.74. The molecular weight excluding hydrogens is 244 g/mol. The second-order valence-corrected chi connectivity index (χ2v) is 3.78. The topological polar surface area (TPSA) is 54.5 Å². The maximum absolute atomic E-state index is 4.18. The fourth-order valence-corrected chi connectivity index (χ4v) is 1.86. The SMILES string of the molecule is Brc1[nH]nc2cc3cncnc3cc12. The van der Waals surface area contributed by atoms with E-state index < -0.39 is 0 Å². The Morgan fingerprint density at radius 3 is 3.07 bits per heavy atom. The Balaban J connectivity index is 2.54. The molecule has 0 aliphatic rings. The molecule has 0 fully saturated rings. The lowest BCUT2D eigenvalue weighted by Crippen LogP contribution is -1.80. The summed E-state index contributed by atoms with van der Waals surface area (Å²) in [5.74, 6) is 0. The Kier molecular flexibility index (Phi) is 1.55. The number of benzene rings is 1. The average molecular weight is 249 g/mol. The fraction of sp³-hybridized carbons (Fsp3) is 0. The molecule has 3 aromatic rings. The average Bonchev–Trinajstić information content (AvgIpc) is 2.57. The second kappa shape index (κ2) is 2.75. The second-order valence-electron chi connectivity index (χ2n) is 2.99. The summed E-state index contributed by atoms with van der Waals surface area (Å²) in [4.78, 5) is 8.14. The number of aromatic nitrogens is 4. The standard InChI is InChI=1S/C9H5BrN4/c10-9-6-2-7-5(3-11-4-12-7)1-8(6)13-14-9/h1-4H,(H,13,14). The minimum absolute atomic E-state index is 0.882. The number of halogens is 1. The van der Waals surface area contributed by atoms with E-state index in [-0.39, 0.29) is 0 Å². The molecule has 1 aromatic carbocycles. The molecule has 0 radical (unpaired) electrons. The summed E-state index contributed by atoms with van der Waals surface area (Å²) in [7, 11) is 0. The molecule has 0 aliphatic carbocycles. The highest BCUT2D eigenvalue weighted by molar-refractivity contribution is 9.10. The van der Waals surface area contributed by atoms with Crippen LogP contribution in [-0.2, 0) is 0 Å². The first-order valence-corrected chi connectivity index (χ1v) is 4.87. The van der Waals surface area contributed by atoms with Crippen molar-refractivity contribution < 1.29 is 0 Å². The van der Waals surface area contributed by atoms with Gasteiger partial charge in [-0.05, 0) is 28.1 Å². The van der Waals surface area contributed by atoms with Crippen molar-refractivity contribution in [3.63, 3.8) is 0 Å². The Morgan fingerprint density at radius 2 is 2.14 bits per heavy atom. The smallest absolute Gasteiger partial charge is 0.116 e. The normalized spacial score (nSPS) is 11.2. The molecule has 0 saturated carbocycles. The zero-order valence-electron chi connectivity index (χ0n) is 7.03. The number of nitrogens with one attached hydrogen (secondary N) is 1. The Morgan fingerprint density at radius 1 is 1.21 bits per heavy atom. The van der Waals surface area contributed by atoms with Gasteiger partial charge in [0.05, 0.1) is 11.0 Å². The monoisotopic (exact) mass is 248 g/mol. The summed E-state index contributed by atoms with van der Waals surface area (Å²) < 4.78 is 0.882. The molecule has 0 saturated heterocycles. The van der Waals surface area contributed by atoms with Crippen LogP contribution < -0.4 is 0 Å². The number of aromatic amines is 1. The molecule has 2 heterocycles. The van der Waals surface area contributed by atoms with Crippen LogP contribution in [-0.4, -0.2) is 20.2 Å². The van der Waals surface area contributed by atoms with Crippen LogP contribution >= 0.6 is 15.9 Å². The molecule has 0 spiro atoms. The lowest BCUT2D eigenvalue weighted by Gasteiger charge is -1.94. The Bertz CT molecular complexity index is 616. The maximum atomic E-state index is 4.18. The van der Waals surface area contributed by atoms with E-state index >= 15 is 0 Å². The minimum atomic E-state index is 0.882. The van der Waals surface area contributed by atoms with Crippen LogP contribution in [0.25, 0.3) is 21.8 Å². The van der Waals surface area contributed by atoms with Gasteiger partial charge in [-0.3, -0.25) is 5.10 Å². The van der Waals surface area contributed by atoms with Gasteiger partial charge in [0.1, 0.15) is 10.9 Å². The van der Waals surface area contributed by atoms with Crippen molar-refractivity contribution in [1.29, 1.82) is 0 Å². The van der Waals surface area contributed by atoms with Gasteiger partial charge in [-0.2, -0.15) is 5.10 Å². The van der Waals surface area contributed by atoms with Crippen LogP contribution in [0, 0.1) is 0 Å². The first-order valence-electron chi connectivity index (χ1n) is 4.08. The van der Waals surface area contributed by atoms with Crippen molar-refractivity contribution in [2.45, 2.75) is 0 Å². The first kappa shape index (κ1) is 7.87. The van der Waals surface area contributed by atoms with Gasteiger partial charge in [0, 0.05) is 17.0 Å². The van der Waals surface area contributed by atoms with E-state index in [1.54, 1.807) is 12.5 Å². The van der Waals surface area contributed by atoms with Gasteiger partial charge >= 0.3 is 0 Å². The summed E-state index contributed by atoms with van der Waals surface area (Å²) >= 11 is 3.39. The predicted molar refractivity (Wildman–Crippen MR) is 56.9 cm³/mol. The van der Waals surface area contributed by atoms with E-state index in [0.29, 0.717) is 0 Å². The molecule has 14 heavy (non-hydrogen) atoms. The summed E-state index contributed by atoms with van der Waals surface area (Å²) in [6.07, 6.45) is 3.33. The first-order chi connectivity index (χ1) is 6.84. The van der Waals surface area contributed by atoms with E-state index in [9.17, 15) is 0 Å². The van der Waals surface area contributed by atoms with Crippen LogP contribution in [0.4, 0.5) is 0 Å². The summed E-state index contributed by atoms with van der Waals surface area (Å²) in [6, 6.07) is 3.95. The highest BCUT2D eigenvalue weighted by Gasteiger charge is 2.04. The summed E-state index contributed by atoms with van der Waals surface area (Å²) in [6.45, 7) is 0. The maximum Gasteiger partial charge on any atom is 0.116 e. The highest BCUT2D eigenvalue weighted by Crippen LogP contribution is 2.24. The van der Waals surface area contributed by atoms with Gasteiger partial charge in [-0.15, -0.1) is 0 Å². The predicted octanol–water partition coefficient (Wildman–Crippen LogP) is 2.27. The van der Waals surface area contributed by atoms with Crippen molar-refractivity contribution in [2.24, 2.45) is 0 Å². The van der Waals surface area contributed by atoms with Gasteiger partial charge in [0.15, 0.2) is 0 Å². The van der Waals surface area contributed by atoms with Crippen molar-refractivity contribution in [3.8, 4) is 0 Å². The van der Waals surface area contributed by atoms with E-state index in [2.05, 4.69) is 36.1 Å². The molecule has 0 aliphatic heterocycles. The molecule has 2 aromatic heterocycles. The third kappa shape index (κ3) is 1.02. The zero-order chi connectivity index (χ0) is 9.54. The van der Waals surface area contributed by atoms with Crippen LogP contribution in [0.15, 0.2) is 29.3 Å². The van der Waals surface area contributed by atoms with E-state index in [4.69, 9.17) is 0 Å². The number of H-pyrrole nitrogens is 1. The Labute approximate surface area is 87.5 Å². The van der Waals surface area contributed by atoms with Gasteiger partial charge in [-0.1, -0.05) is 0 Å². The van der Waals surface area contributed by atoms with Crippen LogP contribution in [0.3, 0.4) is 0 Å². The quantitative estimate of drug-likeness (QED) is 0.664. The van der Waals surface area contributed by atoms with Crippen molar-refractivity contribution in [2.75, 3.05) is 0 Å². The molecule has 0 atom stereocenters. The largest absolute Gasteiger partial charge is 0.270 e. The molecule has 0 unspecified atom stereocenters. The molecule has 68 valence electrons. The minimum Gasteiger partial charge on any atom is -0.270 e. The number of rotatable bonds is 0. The number of fused-ring (bicyclic) bond motifs is 2. The Hall–Kier alpha value is -1.49. The molecule has 0 amide bonds. The number of hydrogen-bond donors (Lipinski definition) is 1. The van der Waals surface area contributed by atoms with E-state index in [1.165, 1.54) is 0 Å². The van der Waals surface area contributed by atoms with Crippen LogP contribution in [0.1, 0.15) is 0 Å². The molecule has 3 rings (SSSR count). The zero-order valence-corrected chi connectivity index (χ0v) is 8.62. The highest BCUT2D eigenvalue weighted by atomic mass is 79.9. The lowest BCUT2D eigenvalue weighted by molar-refractivity contribution is 1.10. The van der Waals surface area contributed by atoms with Crippen LogP contribution in [0.5, 0.6) is 0 Å². The molecule has 4 nitrogen and oxygen atoms in total. The van der Waals surface area contributed by atoms with Crippen molar-refractivity contribution in [1.82, 2.24) is 20.2 Å². The fourth-order valence-electron chi connectivity index (χ4n) is 1.46. The molecule has 5 heteroatoms. The van der Waals surface area contributed by atoms with Gasteiger partial charge in [-0.25, -0.2) is 9.97 Å². The van der Waals surface area contributed by atoms with E-state index in [1.807, 2.05) is 12.1 Å². The molecule has 0 bridgehead atoms. The van der Waals surface area contributed by atoms with Crippen molar-refractivity contribution >= 4 is 37.7 Å².